The summed E-state index contributed by atoms with van der Waals surface area (Å²) in [6.07, 6.45) is 0.289. The van der Waals surface area contributed by atoms with Crippen LogP contribution in [0.4, 0.5) is 5.69 Å². The van der Waals surface area contributed by atoms with Gasteiger partial charge in [-0.2, -0.15) is 0 Å². The fourth-order valence-corrected chi connectivity index (χ4v) is 6.40. The second-order valence-electron chi connectivity index (χ2n) is 6.82. The van der Waals surface area contributed by atoms with Crippen molar-refractivity contribution in [1.82, 2.24) is 4.98 Å². The number of amides is 1. The van der Waals surface area contributed by atoms with Crippen LogP contribution in [-0.4, -0.2) is 30.8 Å². The third-order valence-corrected chi connectivity index (χ3v) is 8.43. The van der Waals surface area contributed by atoms with Gasteiger partial charge in [-0.3, -0.25) is 4.79 Å². The van der Waals surface area contributed by atoms with Crippen molar-refractivity contribution in [2.24, 2.45) is 0 Å². The first-order valence-corrected chi connectivity index (χ1v) is 13.2. The first kappa shape index (κ1) is 21.5. The Kier molecular flexibility index (Phi) is 6.70. The molecule has 8 heteroatoms. The van der Waals surface area contributed by atoms with Gasteiger partial charge in [0.05, 0.1) is 28.3 Å². The van der Waals surface area contributed by atoms with Gasteiger partial charge in [0.2, 0.25) is 5.91 Å². The summed E-state index contributed by atoms with van der Waals surface area (Å²) in [6.45, 7) is 0. The lowest BCUT2D eigenvalue weighted by molar-refractivity contribution is -0.115. The molecule has 0 saturated heterocycles. The molecule has 0 saturated carbocycles. The summed E-state index contributed by atoms with van der Waals surface area (Å²) in [5, 5.41) is 6.42. The molecule has 4 rings (SSSR count). The quantitative estimate of drug-likeness (QED) is 0.367. The average molecular weight is 469 g/mol. The molecule has 4 aromatic rings. The number of thiophene rings is 1. The van der Waals surface area contributed by atoms with Crippen LogP contribution in [-0.2, 0) is 21.1 Å². The van der Waals surface area contributed by atoms with Gasteiger partial charge in [0, 0.05) is 16.0 Å². The average Bonchev–Trinajstić information content (AvgIpc) is 3.27. The van der Waals surface area contributed by atoms with Crippen LogP contribution in [0.1, 0.15) is 4.88 Å². The summed E-state index contributed by atoms with van der Waals surface area (Å²) in [7, 11) is -3.38. The second-order valence-corrected chi connectivity index (χ2v) is 11.0. The van der Waals surface area contributed by atoms with Crippen LogP contribution >= 0.6 is 23.1 Å². The van der Waals surface area contributed by atoms with Crippen LogP contribution < -0.4 is 5.32 Å². The van der Waals surface area contributed by atoms with E-state index in [9.17, 15) is 13.2 Å². The summed E-state index contributed by atoms with van der Waals surface area (Å²) in [4.78, 5) is 18.5. The van der Waals surface area contributed by atoms with Crippen LogP contribution in [0.15, 0.2) is 88.1 Å². The number of anilines is 1. The number of hydrogen-bond acceptors (Lipinski definition) is 6. The molecule has 0 radical (unpaired) electrons. The number of fused-ring (bicyclic) bond motifs is 1. The minimum atomic E-state index is -3.38. The highest BCUT2D eigenvalue weighted by molar-refractivity contribution is 8.00. The molecule has 0 aliphatic carbocycles. The normalized spacial score (nSPS) is 11.5. The largest absolute Gasteiger partial charge is 0.323 e. The Hall–Kier alpha value is -2.68. The fourth-order valence-electron chi connectivity index (χ4n) is 3.06. The highest BCUT2D eigenvalue weighted by Crippen LogP contribution is 2.30. The van der Waals surface area contributed by atoms with Crippen molar-refractivity contribution in [3.05, 3.63) is 83.1 Å². The Morgan fingerprint density at radius 1 is 1.00 bits per heavy atom. The molecule has 0 atom stereocenters. The van der Waals surface area contributed by atoms with Crippen LogP contribution in [0.25, 0.3) is 10.9 Å². The van der Waals surface area contributed by atoms with Gasteiger partial charge in [-0.25, -0.2) is 13.4 Å². The molecule has 0 aliphatic heterocycles. The molecule has 2 aromatic carbocycles. The lowest BCUT2D eigenvalue weighted by Gasteiger charge is -2.12. The minimum absolute atomic E-state index is 0.0151. The van der Waals surface area contributed by atoms with E-state index in [1.807, 2.05) is 47.8 Å². The van der Waals surface area contributed by atoms with Gasteiger partial charge in [0.15, 0.2) is 9.84 Å². The summed E-state index contributed by atoms with van der Waals surface area (Å²) >= 11 is 2.87. The predicted molar refractivity (Wildman–Crippen MR) is 128 cm³/mol. The van der Waals surface area contributed by atoms with E-state index in [1.165, 1.54) is 23.1 Å². The maximum Gasteiger partial charge on any atom is 0.229 e. The van der Waals surface area contributed by atoms with Crippen LogP contribution in [0.2, 0.25) is 0 Å². The molecule has 1 amide bonds. The molecule has 0 unspecified atom stereocenters. The predicted octanol–water partition coefficient (Wildman–Crippen LogP) is 5.04. The Bertz CT molecular complexity index is 1290. The number of rotatable bonds is 8. The van der Waals surface area contributed by atoms with E-state index in [1.54, 1.807) is 30.3 Å². The van der Waals surface area contributed by atoms with E-state index in [0.29, 0.717) is 21.4 Å². The molecule has 2 heterocycles. The van der Waals surface area contributed by atoms with Crippen LogP contribution in [0.3, 0.4) is 0 Å². The molecule has 0 fully saturated rings. The monoisotopic (exact) mass is 468 g/mol. The number of carbonyl (C=O) groups is 1. The van der Waals surface area contributed by atoms with E-state index < -0.39 is 9.84 Å². The van der Waals surface area contributed by atoms with Crippen molar-refractivity contribution in [3.63, 3.8) is 0 Å². The fraction of sp³-hybridized carbons (Fsp3) is 0.130. The topological polar surface area (TPSA) is 76.1 Å². The number of pyridine rings is 1. The van der Waals surface area contributed by atoms with Gasteiger partial charge < -0.3 is 5.32 Å². The number of benzene rings is 2. The molecule has 1 N–H and O–H groups in total. The van der Waals surface area contributed by atoms with Crippen molar-refractivity contribution in [3.8, 4) is 0 Å². The second kappa shape index (κ2) is 9.64. The number of thioether (sulfide) groups is 1. The number of nitrogens with zero attached hydrogens (tertiary/aromatic N) is 1. The van der Waals surface area contributed by atoms with Gasteiger partial charge >= 0.3 is 0 Å². The van der Waals surface area contributed by atoms with Gasteiger partial charge in [-0.15, -0.1) is 23.1 Å². The Morgan fingerprint density at radius 2 is 1.77 bits per heavy atom. The van der Waals surface area contributed by atoms with E-state index in [-0.39, 0.29) is 18.1 Å². The number of sulfone groups is 1. The molecule has 0 aliphatic rings. The zero-order chi connectivity index (χ0) is 21.7. The third-order valence-electron chi connectivity index (χ3n) is 4.57. The van der Waals surface area contributed by atoms with Crippen molar-refractivity contribution >= 4 is 55.4 Å². The molecule has 158 valence electrons. The third kappa shape index (κ3) is 5.52. The van der Waals surface area contributed by atoms with Crippen LogP contribution in [0.5, 0.6) is 0 Å². The van der Waals surface area contributed by atoms with Crippen molar-refractivity contribution in [2.45, 2.75) is 16.3 Å². The Morgan fingerprint density at radius 3 is 2.55 bits per heavy atom. The van der Waals surface area contributed by atoms with Gasteiger partial charge in [0.25, 0.3) is 0 Å². The van der Waals surface area contributed by atoms with Gasteiger partial charge in [-0.1, -0.05) is 42.5 Å². The Balaban J connectivity index is 1.52. The molecule has 2 aromatic heterocycles. The van der Waals surface area contributed by atoms with Gasteiger partial charge in [0.1, 0.15) is 5.03 Å². The lowest BCUT2D eigenvalue weighted by Crippen LogP contribution is -2.15. The smallest absolute Gasteiger partial charge is 0.229 e. The molecule has 0 bridgehead atoms. The molecule has 5 nitrogen and oxygen atoms in total. The molecular formula is C23H20N2O3S3. The highest BCUT2D eigenvalue weighted by Gasteiger charge is 2.16. The number of carbonyl (C=O) groups excluding carboxylic acids is 1. The Labute approximate surface area is 189 Å². The van der Waals surface area contributed by atoms with Crippen molar-refractivity contribution in [2.75, 3.05) is 16.8 Å². The standard InChI is InChI=1S/C23H20N2O3S3/c26-22(16-18-8-6-12-29-18)24-21-15-17-7-4-5-11-20(17)25-23(21)30-13-14-31(27,28)19-9-2-1-3-10-19/h1-12,15H,13-14,16H2,(H,24,26). The van der Waals surface area contributed by atoms with E-state index in [4.69, 9.17) is 0 Å². The maximum absolute atomic E-state index is 12.6. The first-order valence-electron chi connectivity index (χ1n) is 9.64. The molecule has 31 heavy (non-hydrogen) atoms. The van der Waals surface area contributed by atoms with E-state index in [2.05, 4.69) is 10.3 Å². The summed E-state index contributed by atoms with van der Waals surface area (Å²) in [5.41, 5.74) is 1.40. The molecular weight excluding hydrogens is 448 g/mol. The zero-order valence-electron chi connectivity index (χ0n) is 16.5. The summed E-state index contributed by atoms with van der Waals surface area (Å²) < 4.78 is 25.1. The number of para-hydroxylation sites is 1. The maximum atomic E-state index is 12.6. The SMILES string of the molecule is O=C(Cc1cccs1)Nc1cc2ccccc2nc1SCCS(=O)(=O)c1ccccc1. The summed E-state index contributed by atoms with van der Waals surface area (Å²) in [6, 6.07) is 21.8. The van der Waals surface area contributed by atoms with E-state index >= 15 is 0 Å². The van der Waals surface area contributed by atoms with Crippen LogP contribution in [0, 0.1) is 0 Å². The van der Waals surface area contributed by atoms with Crippen molar-refractivity contribution < 1.29 is 13.2 Å². The zero-order valence-corrected chi connectivity index (χ0v) is 19.0. The number of nitrogens with one attached hydrogen (secondary N) is 1. The van der Waals surface area contributed by atoms with Crippen molar-refractivity contribution in [1.29, 1.82) is 0 Å². The number of hydrogen-bond donors (Lipinski definition) is 1. The first-order chi connectivity index (χ1) is 15.0. The van der Waals surface area contributed by atoms with E-state index in [0.717, 1.165) is 15.8 Å². The molecule has 0 spiro atoms. The minimum Gasteiger partial charge on any atom is -0.323 e. The number of aromatic nitrogens is 1. The van der Waals surface area contributed by atoms with Gasteiger partial charge in [-0.05, 0) is 35.7 Å². The summed E-state index contributed by atoms with van der Waals surface area (Å²) in [5.74, 6) is 0.188. The highest BCUT2D eigenvalue weighted by atomic mass is 32.2. The lowest BCUT2D eigenvalue weighted by atomic mass is 10.2.